The van der Waals surface area contributed by atoms with Gasteiger partial charge in [-0.2, -0.15) is 0 Å². The number of benzene rings is 1. The van der Waals surface area contributed by atoms with Crippen LogP contribution in [0.3, 0.4) is 0 Å². The summed E-state index contributed by atoms with van der Waals surface area (Å²) in [5.74, 6) is -1.09. The largest absolute Gasteiger partial charge is 1.00 e. The molecule has 2 aromatic heterocycles. The minimum Gasteiger partial charge on any atom is -1.00 e. The highest BCUT2D eigenvalue weighted by Gasteiger charge is 2.34. The second kappa shape index (κ2) is 10.9. The number of thiophene rings is 2. The minimum absolute atomic E-state index is 0. The van der Waals surface area contributed by atoms with Crippen molar-refractivity contribution in [2.75, 3.05) is 5.32 Å². The number of anilines is 1. The molecule has 0 spiro atoms. The number of rotatable bonds is 6. The van der Waals surface area contributed by atoms with Crippen molar-refractivity contribution in [1.29, 1.82) is 0 Å². The van der Waals surface area contributed by atoms with E-state index in [4.69, 9.17) is 0 Å². The average molecular weight is 537 g/mol. The molecule has 0 unspecified atom stereocenters. The second-order valence-electron chi connectivity index (χ2n) is 6.26. The summed E-state index contributed by atoms with van der Waals surface area (Å²) in [6.07, 6.45) is 1.27. The number of halogens is 2. The molecule has 1 aromatic carbocycles. The number of amidine groups is 1. The molecule has 1 aliphatic rings. The van der Waals surface area contributed by atoms with E-state index in [1.165, 1.54) is 42.1 Å². The number of hydrogen-bond acceptors (Lipinski definition) is 6. The van der Waals surface area contributed by atoms with E-state index >= 15 is 0 Å². The number of aliphatic imine (C=N–C) groups is 1. The van der Waals surface area contributed by atoms with Gasteiger partial charge < -0.3 is 22.3 Å². The van der Waals surface area contributed by atoms with Crippen molar-refractivity contribution in [1.82, 2.24) is 4.90 Å². The van der Waals surface area contributed by atoms with Crippen LogP contribution in [0.15, 0.2) is 75.3 Å². The highest BCUT2D eigenvalue weighted by molar-refractivity contribution is 8.18. The van der Waals surface area contributed by atoms with Crippen LogP contribution in [0.4, 0.5) is 10.1 Å². The number of amides is 2. The van der Waals surface area contributed by atoms with E-state index in [-0.39, 0.29) is 28.7 Å². The molecule has 0 atom stereocenters. The van der Waals surface area contributed by atoms with Crippen LogP contribution in [0.1, 0.15) is 9.75 Å². The van der Waals surface area contributed by atoms with E-state index in [1.807, 2.05) is 35.0 Å². The molecule has 5 nitrogen and oxygen atoms in total. The SMILES string of the molecule is O=C(/C=C1/SC(=NCc2cccs2)N(Cc2cccs2)C1=O)Nc1ccc(F)cc1.[Br-]. The topological polar surface area (TPSA) is 61.8 Å². The predicted octanol–water partition coefficient (Wildman–Crippen LogP) is 2.11. The fraction of sp³-hybridized carbons (Fsp3) is 0.0952. The number of carbonyl (C=O) groups excluding carboxylic acids is 2. The number of carbonyl (C=O) groups is 2. The van der Waals surface area contributed by atoms with E-state index in [0.717, 1.165) is 9.75 Å². The van der Waals surface area contributed by atoms with Crippen LogP contribution in [0.5, 0.6) is 0 Å². The highest BCUT2D eigenvalue weighted by Crippen LogP contribution is 2.33. The van der Waals surface area contributed by atoms with Gasteiger partial charge in [0, 0.05) is 21.5 Å². The molecule has 0 aliphatic carbocycles. The van der Waals surface area contributed by atoms with Gasteiger partial charge >= 0.3 is 0 Å². The number of thioether (sulfide) groups is 1. The molecule has 0 saturated carbocycles. The normalized spacial score (nSPS) is 16.0. The standard InChI is InChI=1S/C21H16FN3O2S3.BrH/c22-14-5-7-15(8-6-14)24-19(26)11-18-20(27)25(13-17-4-2-10-29-17)21(30-18)23-12-16-3-1-9-28-16;/h1-11H,12-13H2,(H,24,26);1H/p-1/b18-11+,23-21?;. The lowest BCUT2D eigenvalue weighted by molar-refractivity contribution is -0.123. The average Bonchev–Trinajstić information content (AvgIpc) is 3.48. The monoisotopic (exact) mass is 536 g/mol. The molecule has 4 rings (SSSR count). The van der Waals surface area contributed by atoms with Gasteiger partial charge in [0.1, 0.15) is 5.82 Å². The molecule has 0 bridgehead atoms. The predicted molar refractivity (Wildman–Crippen MR) is 121 cm³/mol. The molecule has 0 radical (unpaired) electrons. The van der Waals surface area contributed by atoms with Gasteiger partial charge in [-0.15, -0.1) is 22.7 Å². The Bertz CT molecular complexity index is 1100. The van der Waals surface area contributed by atoms with Crippen LogP contribution in [0.2, 0.25) is 0 Å². The first-order chi connectivity index (χ1) is 14.6. The van der Waals surface area contributed by atoms with Crippen LogP contribution in [0.25, 0.3) is 0 Å². The van der Waals surface area contributed by atoms with E-state index in [0.29, 0.717) is 28.8 Å². The number of nitrogens with one attached hydrogen (secondary N) is 1. The molecule has 31 heavy (non-hydrogen) atoms. The van der Waals surface area contributed by atoms with Gasteiger partial charge in [-0.05, 0) is 58.9 Å². The Labute approximate surface area is 201 Å². The smallest absolute Gasteiger partial charge is 0.267 e. The molecular formula is C21H16BrFN3O2S3-. The lowest BCUT2D eigenvalue weighted by Gasteiger charge is -2.14. The Morgan fingerprint density at radius 2 is 1.74 bits per heavy atom. The zero-order chi connectivity index (χ0) is 20.9. The van der Waals surface area contributed by atoms with E-state index in [9.17, 15) is 14.0 Å². The van der Waals surface area contributed by atoms with Crippen LogP contribution < -0.4 is 22.3 Å². The second-order valence-corrected chi connectivity index (χ2v) is 9.33. The first-order valence-electron chi connectivity index (χ1n) is 8.95. The zero-order valence-corrected chi connectivity index (χ0v) is 20.0. The van der Waals surface area contributed by atoms with Crippen LogP contribution >= 0.6 is 34.4 Å². The maximum Gasteiger partial charge on any atom is 0.267 e. The molecule has 10 heteroatoms. The maximum absolute atomic E-state index is 13.0. The van der Waals surface area contributed by atoms with Crippen molar-refractivity contribution < 1.29 is 31.0 Å². The Morgan fingerprint density at radius 3 is 2.39 bits per heavy atom. The summed E-state index contributed by atoms with van der Waals surface area (Å²) in [4.78, 5) is 34.0. The first-order valence-corrected chi connectivity index (χ1v) is 11.5. The summed E-state index contributed by atoms with van der Waals surface area (Å²) in [5.41, 5.74) is 0.454. The van der Waals surface area contributed by atoms with Gasteiger partial charge in [-0.3, -0.25) is 19.5 Å². The van der Waals surface area contributed by atoms with E-state index in [1.54, 1.807) is 27.6 Å². The quantitative estimate of drug-likeness (QED) is 0.491. The van der Waals surface area contributed by atoms with Crippen molar-refractivity contribution in [2.45, 2.75) is 13.1 Å². The molecule has 1 fully saturated rings. The van der Waals surface area contributed by atoms with Gasteiger partial charge in [0.05, 0.1) is 18.0 Å². The molecule has 3 heterocycles. The summed E-state index contributed by atoms with van der Waals surface area (Å²) in [6.45, 7) is 0.882. The summed E-state index contributed by atoms with van der Waals surface area (Å²) < 4.78 is 13.0. The summed E-state index contributed by atoms with van der Waals surface area (Å²) in [7, 11) is 0. The lowest BCUT2D eigenvalue weighted by atomic mass is 10.3. The molecule has 2 amide bonds. The van der Waals surface area contributed by atoms with Crippen molar-refractivity contribution >= 4 is 57.1 Å². The van der Waals surface area contributed by atoms with E-state index in [2.05, 4.69) is 10.3 Å². The van der Waals surface area contributed by atoms with Crippen LogP contribution in [0, 0.1) is 5.82 Å². The highest BCUT2D eigenvalue weighted by atomic mass is 79.9. The fourth-order valence-corrected chi connectivity index (χ4v) is 4.97. The number of nitrogens with zero attached hydrogens (tertiary/aromatic N) is 2. The van der Waals surface area contributed by atoms with Crippen molar-refractivity contribution in [3.8, 4) is 0 Å². The third-order valence-corrected chi connectivity index (χ3v) is 6.87. The Morgan fingerprint density at radius 1 is 1.06 bits per heavy atom. The Kier molecular flexibility index (Phi) is 8.19. The van der Waals surface area contributed by atoms with E-state index < -0.39 is 5.91 Å². The summed E-state index contributed by atoms with van der Waals surface area (Å²) in [5, 5.41) is 7.16. The molecule has 160 valence electrons. The third-order valence-electron chi connectivity index (χ3n) is 4.11. The molecule has 1 aliphatic heterocycles. The van der Waals surface area contributed by atoms with Gasteiger partial charge in [0.25, 0.3) is 5.91 Å². The molecule has 1 N–H and O–H groups in total. The van der Waals surface area contributed by atoms with Gasteiger partial charge in [-0.1, -0.05) is 12.1 Å². The lowest BCUT2D eigenvalue weighted by Crippen LogP contribution is -3.00. The first kappa shape index (κ1) is 23.4. The Balaban J connectivity index is 0.00000272. The van der Waals surface area contributed by atoms with Crippen LogP contribution in [-0.4, -0.2) is 21.9 Å². The van der Waals surface area contributed by atoms with Crippen LogP contribution in [-0.2, 0) is 22.7 Å². The van der Waals surface area contributed by atoms with Gasteiger partial charge in [0.2, 0.25) is 5.91 Å². The summed E-state index contributed by atoms with van der Waals surface area (Å²) in [6, 6.07) is 13.3. The molecule has 1 saturated heterocycles. The van der Waals surface area contributed by atoms with Crippen molar-refractivity contribution in [3.63, 3.8) is 0 Å². The molecule has 3 aromatic rings. The van der Waals surface area contributed by atoms with Gasteiger partial charge in [0.15, 0.2) is 5.17 Å². The Hall–Kier alpha value is -2.27. The number of hydrogen-bond donors (Lipinski definition) is 1. The maximum atomic E-state index is 13.0. The van der Waals surface area contributed by atoms with Gasteiger partial charge in [-0.25, -0.2) is 4.39 Å². The van der Waals surface area contributed by atoms with Crippen molar-refractivity contribution in [3.05, 3.63) is 85.8 Å². The minimum atomic E-state index is -0.451. The third kappa shape index (κ3) is 6.13. The fourth-order valence-electron chi connectivity index (χ4n) is 2.70. The zero-order valence-electron chi connectivity index (χ0n) is 16.0. The summed E-state index contributed by atoms with van der Waals surface area (Å²) >= 11 is 4.35. The van der Waals surface area contributed by atoms with Crippen molar-refractivity contribution in [2.24, 2.45) is 4.99 Å². The molecular weight excluding hydrogens is 521 g/mol.